The number of aryl methyl sites for hydroxylation is 2. The summed E-state index contributed by atoms with van der Waals surface area (Å²) in [7, 11) is 1.53. The molecule has 1 aliphatic rings. The third kappa shape index (κ3) is 6.40. The standard InChI is InChI=1S/C36H32F4N4O4/c1-4-6-22-16-29-27(30(33(46)41-3)31(47-29)21-9-7-20(2)8-10-21)17-25(22)23-11-12-28(37)26(15-23)32(45)44-35(34-42-13-5-14-43-34)18-24(19-35)48-36(38,39)40/h5,7-17,24H,4,6,18-19H2,1-3H3,(H,41,46)(H,44,45). The molecule has 6 rings (SSSR count). The molecular weight excluding hydrogens is 628 g/mol. The zero-order chi connectivity index (χ0) is 34.2. The lowest BCUT2D eigenvalue weighted by molar-refractivity contribution is -0.356. The summed E-state index contributed by atoms with van der Waals surface area (Å²) in [6.45, 7) is 3.97. The lowest BCUT2D eigenvalue weighted by atomic mass is 9.73. The summed E-state index contributed by atoms with van der Waals surface area (Å²) in [6.07, 6.45) is -2.40. The molecule has 48 heavy (non-hydrogen) atoms. The van der Waals surface area contributed by atoms with Crippen LogP contribution in [-0.2, 0) is 16.7 Å². The van der Waals surface area contributed by atoms with Crippen molar-refractivity contribution >= 4 is 22.8 Å². The van der Waals surface area contributed by atoms with Crippen LogP contribution < -0.4 is 10.6 Å². The van der Waals surface area contributed by atoms with Gasteiger partial charge in [0.2, 0.25) is 0 Å². The van der Waals surface area contributed by atoms with E-state index in [0.717, 1.165) is 23.1 Å². The second-order valence-electron chi connectivity index (χ2n) is 11.9. The van der Waals surface area contributed by atoms with Gasteiger partial charge in [-0.2, -0.15) is 0 Å². The molecule has 0 radical (unpaired) electrons. The number of halogens is 4. The molecule has 1 saturated carbocycles. The van der Waals surface area contributed by atoms with Crippen LogP contribution in [0.3, 0.4) is 0 Å². The van der Waals surface area contributed by atoms with Gasteiger partial charge in [0, 0.05) is 43.2 Å². The maximum absolute atomic E-state index is 15.3. The van der Waals surface area contributed by atoms with Crippen molar-refractivity contribution in [2.24, 2.45) is 0 Å². The zero-order valence-electron chi connectivity index (χ0n) is 26.4. The number of nitrogens with one attached hydrogen (secondary N) is 2. The number of hydrogen-bond donors (Lipinski definition) is 2. The Balaban J connectivity index is 1.41. The fourth-order valence-corrected chi connectivity index (χ4v) is 6.22. The Morgan fingerprint density at radius 1 is 1.00 bits per heavy atom. The summed E-state index contributed by atoms with van der Waals surface area (Å²) in [5.41, 5.74) is 2.94. The fourth-order valence-electron chi connectivity index (χ4n) is 6.22. The molecule has 0 bridgehead atoms. The largest absolute Gasteiger partial charge is 0.522 e. The maximum atomic E-state index is 15.3. The first kappa shape index (κ1) is 32.8. The van der Waals surface area contributed by atoms with E-state index in [2.05, 4.69) is 25.3 Å². The molecule has 5 aromatic rings. The Bertz CT molecular complexity index is 1990. The highest BCUT2D eigenvalue weighted by Gasteiger charge is 2.53. The predicted molar refractivity (Wildman–Crippen MR) is 171 cm³/mol. The second kappa shape index (κ2) is 12.8. The van der Waals surface area contributed by atoms with E-state index in [0.29, 0.717) is 39.8 Å². The molecule has 1 fully saturated rings. The van der Waals surface area contributed by atoms with E-state index in [4.69, 9.17) is 4.42 Å². The van der Waals surface area contributed by atoms with Crippen LogP contribution in [0.4, 0.5) is 17.6 Å². The van der Waals surface area contributed by atoms with E-state index >= 15 is 4.39 Å². The van der Waals surface area contributed by atoms with Gasteiger partial charge in [0.15, 0.2) is 5.82 Å². The van der Waals surface area contributed by atoms with Gasteiger partial charge in [-0.15, -0.1) is 13.2 Å². The van der Waals surface area contributed by atoms with E-state index in [9.17, 15) is 22.8 Å². The number of fused-ring (bicyclic) bond motifs is 1. The van der Waals surface area contributed by atoms with Crippen molar-refractivity contribution in [1.82, 2.24) is 20.6 Å². The topological polar surface area (TPSA) is 106 Å². The van der Waals surface area contributed by atoms with Gasteiger partial charge in [0.1, 0.15) is 22.7 Å². The molecule has 2 amide bonds. The van der Waals surface area contributed by atoms with Crippen molar-refractivity contribution < 1.29 is 36.3 Å². The Kier molecular flexibility index (Phi) is 8.78. The number of carbonyl (C=O) groups excluding carboxylic acids is 2. The monoisotopic (exact) mass is 660 g/mol. The van der Waals surface area contributed by atoms with E-state index < -0.39 is 29.7 Å². The quantitative estimate of drug-likeness (QED) is 0.158. The van der Waals surface area contributed by atoms with E-state index in [1.54, 1.807) is 6.07 Å². The number of alkyl halides is 3. The van der Waals surface area contributed by atoms with Crippen LogP contribution in [0.5, 0.6) is 0 Å². The number of benzene rings is 3. The zero-order valence-corrected chi connectivity index (χ0v) is 26.4. The van der Waals surface area contributed by atoms with Crippen LogP contribution in [0.2, 0.25) is 0 Å². The summed E-state index contributed by atoms with van der Waals surface area (Å²) >= 11 is 0. The number of amides is 2. The van der Waals surface area contributed by atoms with Gasteiger partial charge < -0.3 is 15.1 Å². The molecule has 8 nitrogen and oxygen atoms in total. The van der Waals surface area contributed by atoms with Crippen LogP contribution >= 0.6 is 0 Å². The summed E-state index contributed by atoms with van der Waals surface area (Å²) in [5, 5.41) is 5.94. The van der Waals surface area contributed by atoms with Crippen molar-refractivity contribution in [2.75, 3.05) is 7.05 Å². The molecule has 0 atom stereocenters. The molecule has 3 aromatic carbocycles. The Hall–Kier alpha value is -5.10. The molecule has 0 aliphatic heterocycles. The van der Waals surface area contributed by atoms with Crippen molar-refractivity contribution in [3.05, 3.63) is 107 Å². The predicted octanol–water partition coefficient (Wildman–Crippen LogP) is 7.64. The van der Waals surface area contributed by atoms with Gasteiger partial charge in [0.05, 0.1) is 17.2 Å². The minimum absolute atomic E-state index is 0.0960. The smallest absolute Gasteiger partial charge is 0.455 e. The molecule has 0 unspecified atom stereocenters. The highest BCUT2D eigenvalue weighted by atomic mass is 19.4. The molecule has 12 heteroatoms. The summed E-state index contributed by atoms with van der Waals surface area (Å²) in [5.74, 6) is -1.51. The van der Waals surface area contributed by atoms with Gasteiger partial charge in [-0.1, -0.05) is 49.2 Å². The Labute approximate surface area is 273 Å². The maximum Gasteiger partial charge on any atom is 0.522 e. The lowest BCUT2D eigenvalue weighted by Crippen LogP contribution is -2.59. The number of rotatable bonds is 9. The van der Waals surface area contributed by atoms with E-state index in [1.165, 1.54) is 37.6 Å². The molecule has 248 valence electrons. The molecule has 2 N–H and O–H groups in total. The van der Waals surface area contributed by atoms with Gasteiger partial charge >= 0.3 is 6.36 Å². The molecule has 1 aliphatic carbocycles. The number of nitrogens with zero attached hydrogens (tertiary/aromatic N) is 2. The minimum Gasteiger partial charge on any atom is -0.455 e. The highest BCUT2D eigenvalue weighted by Crippen LogP contribution is 2.44. The van der Waals surface area contributed by atoms with E-state index in [-0.39, 0.29) is 30.1 Å². The van der Waals surface area contributed by atoms with Gasteiger partial charge in [-0.05, 0) is 60.4 Å². The van der Waals surface area contributed by atoms with Crippen LogP contribution in [0.25, 0.3) is 33.4 Å². The first-order valence-electron chi connectivity index (χ1n) is 15.4. The number of carbonyl (C=O) groups is 2. The molecular formula is C36H32F4N4O4. The third-order valence-electron chi connectivity index (χ3n) is 8.52. The highest BCUT2D eigenvalue weighted by molar-refractivity contribution is 6.12. The lowest BCUT2D eigenvalue weighted by Gasteiger charge is -2.46. The fraction of sp³-hybridized carbons (Fsp3) is 0.278. The first-order chi connectivity index (χ1) is 22.9. The molecule has 0 spiro atoms. The van der Waals surface area contributed by atoms with Crippen LogP contribution in [0, 0.1) is 12.7 Å². The number of hydrogen-bond acceptors (Lipinski definition) is 6. The van der Waals surface area contributed by atoms with Crippen LogP contribution in [0.1, 0.15) is 63.9 Å². The molecule has 2 aromatic heterocycles. The van der Waals surface area contributed by atoms with Crippen molar-refractivity contribution in [3.63, 3.8) is 0 Å². The van der Waals surface area contributed by atoms with Crippen LogP contribution in [-0.4, -0.2) is 41.3 Å². The molecule has 0 saturated heterocycles. The van der Waals surface area contributed by atoms with Gasteiger partial charge in [-0.25, -0.2) is 14.4 Å². The minimum atomic E-state index is -4.86. The van der Waals surface area contributed by atoms with E-state index in [1.807, 2.05) is 50.2 Å². The third-order valence-corrected chi connectivity index (χ3v) is 8.52. The Morgan fingerprint density at radius 3 is 2.33 bits per heavy atom. The first-order valence-corrected chi connectivity index (χ1v) is 15.4. The second-order valence-corrected chi connectivity index (χ2v) is 11.9. The van der Waals surface area contributed by atoms with Crippen molar-refractivity contribution in [1.29, 1.82) is 0 Å². The van der Waals surface area contributed by atoms with Gasteiger partial charge in [-0.3, -0.25) is 14.3 Å². The SMILES string of the molecule is CCCc1cc2oc(-c3ccc(C)cc3)c(C(=O)NC)c2cc1-c1ccc(F)c(C(=O)NC2(c3ncccn3)CC(OC(F)(F)F)C2)c1. The Morgan fingerprint density at radius 2 is 1.69 bits per heavy atom. The summed E-state index contributed by atoms with van der Waals surface area (Å²) in [4.78, 5) is 35.2. The van der Waals surface area contributed by atoms with Crippen molar-refractivity contribution in [2.45, 2.75) is 57.5 Å². The number of aromatic nitrogens is 2. The molecule has 2 heterocycles. The number of furan rings is 1. The van der Waals surface area contributed by atoms with Crippen LogP contribution in [0.15, 0.2) is 77.5 Å². The average Bonchev–Trinajstić information content (AvgIpc) is 3.41. The summed E-state index contributed by atoms with van der Waals surface area (Å²) < 4.78 is 64.6. The summed E-state index contributed by atoms with van der Waals surface area (Å²) in [6, 6.07) is 16.9. The average molecular weight is 661 g/mol. The van der Waals surface area contributed by atoms with Crippen molar-refractivity contribution in [3.8, 4) is 22.5 Å². The number of ether oxygens (including phenoxy) is 1. The normalized spacial score (nSPS) is 17.6. The van der Waals surface area contributed by atoms with Gasteiger partial charge in [0.25, 0.3) is 11.8 Å².